The lowest BCUT2D eigenvalue weighted by atomic mass is 9.99. The largest absolute Gasteiger partial charge is 0.316 e. The van der Waals surface area contributed by atoms with Crippen LogP contribution in [-0.2, 0) is 4.79 Å². The second-order valence-electron chi connectivity index (χ2n) is 6.29. The van der Waals surface area contributed by atoms with Crippen LogP contribution in [0.2, 0.25) is 0 Å². The van der Waals surface area contributed by atoms with Gasteiger partial charge in [-0.3, -0.25) is 4.79 Å². The van der Waals surface area contributed by atoms with Crippen molar-refractivity contribution in [2.45, 2.75) is 19.8 Å². The maximum atomic E-state index is 12.4. The van der Waals surface area contributed by atoms with Gasteiger partial charge in [-0.05, 0) is 43.8 Å². The van der Waals surface area contributed by atoms with E-state index in [-0.39, 0.29) is 11.8 Å². The fraction of sp³-hybridized carbons (Fsp3) is 0.333. The van der Waals surface area contributed by atoms with Crippen molar-refractivity contribution in [3.63, 3.8) is 0 Å². The van der Waals surface area contributed by atoms with E-state index in [0.29, 0.717) is 5.82 Å². The van der Waals surface area contributed by atoms with Gasteiger partial charge in [0.25, 0.3) is 0 Å². The topological polar surface area (TPSA) is 79.8 Å². The molecule has 3 aromatic rings. The number of anilines is 1. The van der Waals surface area contributed by atoms with Crippen molar-refractivity contribution in [1.29, 1.82) is 0 Å². The normalized spacial score (nSPS) is 17.6. The fourth-order valence-corrected chi connectivity index (χ4v) is 3.75. The molecule has 0 radical (unpaired) electrons. The second kappa shape index (κ2) is 6.85. The quantitative estimate of drug-likeness (QED) is 0.757. The molecule has 0 aliphatic carbocycles. The highest BCUT2D eigenvalue weighted by Gasteiger charge is 2.21. The number of amides is 1. The summed E-state index contributed by atoms with van der Waals surface area (Å²) in [5, 5.41) is 18.4. The molecule has 1 aliphatic rings. The molecule has 4 rings (SSSR count). The molecule has 0 saturated carbocycles. The van der Waals surface area contributed by atoms with Crippen molar-refractivity contribution in [3.05, 3.63) is 35.5 Å². The number of fused-ring (bicyclic) bond motifs is 1. The Labute approximate surface area is 149 Å². The van der Waals surface area contributed by atoms with Crippen LogP contribution in [0.3, 0.4) is 0 Å². The molecule has 1 fully saturated rings. The Hall–Kier alpha value is -2.38. The third kappa shape index (κ3) is 3.52. The Morgan fingerprint density at radius 2 is 2.20 bits per heavy atom. The first-order valence-electron chi connectivity index (χ1n) is 8.41. The standard InChI is InChI=1S/C18H19N5OS/c1-11-22-23-18(25-11)12-4-5-13-10-20-16(8-15(13)7-12)21-17(24)14-3-2-6-19-9-14/h4-5,7-8,10,14,19H,2-3,6,9H2,1H3,(H,20,21,24)/t14-/m0/s1. The van der Waals surface area contributed by atoms with E-state index in [4.69, 9.17) is 0 Å². The van der Waals surface area contributed by atoms with Gasteiger partial charge in [-0.2, -0.15) is 0 Å². The SMILES string of the molecule is Cc1nnc(-c2ccc3cnc(NC(=O)[C@H]4CCCNC4)cc3c2)s1. The number of carbonyl (C=O) groups is 1. The number of rotatable bonds is 3. The summed E-state index contributed by atoms with van der Waals surface area (Å²) >= 11 is 1.57. The van der Waals surface area contributed by atoms with Crippen LogP contribution in [0.5, 0.6) is 0 Å². The van der Waals surface area contributed by atoms with Crippen LogP contribution in [-0.4, -0.2) is 34.2 Å². The van der Waals surface area contributed by atoms with Gasteiger partial charge in [-0.25, -0.2) is 4.98 Å². The number of piperidine rings is 1. The molecule has 0 bridgehead atoms. The van der Waals surface area contributed by atoms with Crippen molar-refractivity contribution in [2.24, 2.45) is 5.92 Å². The molecule has 2 aromatic heterocycles. The average Bonchev–Trinajstić information content (AvgIpc) is 3.08. The molecule has 0 unspecified atom stereocenters. The molecule has 1 saturated heterocycles. The molecule has 1 atom stereocenters. The van der Waals surface area contributed by atoms with E-state index in [1.54, 1.807) is 17.5 Å². The van der Waals surface area contributed by atoms with E-state index in [9.17, 15) is 4.79 Å². The van der Waals surface area contributed by atoms with E-state index >= 15 is 0 Å². The van der Waals surface area contributed by atoms with Gasteiger partial charge in [-0.1, -0.05) is 23.5 Å². The number of nitrogens with one attached hydrogen (secondary N) is 2. The summed E-state index contributed by atoms with van der Waals surface area (Å²) in [6, 6.07) is 8.02. The summed E-state index contributed by atoms with van der Waals surface area (Å²) in [5.74, 6) is 0.644. The van der Waals surface area contributed by atoms with Gasteiger partial charge in [0.2, 0.25) is 5.91 Å². The van der Waals surface area contributed by atoms with E-state index in [1.807, 2.05) is 25.1 Å². The van der Waals surface area contributed by atoms with Crippen LogP contribution in [0.25, 0.3) is 21.3 Å². The Morgan fingerprint density at radius 1 is 1.28 bits per heavy atom. The zero-order valence-electron chi connectivity index (χ0n) is 14.0. The first-order valence-corrected chi connectivity index (χ1v) is 9.22. The van der Waals surface area contributed by atoms with Gasteiger partial charge >= 0.3 is 0 Å². The van der Waals surface area contributed by atoms with E-state index in [2.05, 4.69) is 31.9 Å². The highest BCUT2D eigenvalue weighted by atomic mass is 32.1. The van der Waals surface area contributed by atoms with Crippen LogP contribution in [0.15, 0.2) is 30.5 Å². The minimum atomic E-state index is 0.0157. The number of hydrogen-bond donors (Lipinski definition) is 2. The molecule has 0 spiro atoms. The molecule has 3 heterocycles. The lowest BCUT2D eigenvalue weighted by Gasteiger charge is -2.21. The van der Waals surface area contributed by atoms with E-state index in [1.165, 1.54) is 0 Å². The summed E-state index contributed by atoms with van der Waals surface area (Å²) in [7, 11) is 0. The zero-order valence-corrected chi connectivity index (χ0v) is 14.8. The third-order valence-electron chi connectivity index (χ3n) is 4.41. The minimum Gasteiger partial charge on any atom is -0.316 e. The van der Waals surface area contributed by atoms with Gasteiger partial charge < -0.3 is 10.6 Å². The van der Waals surface area contributed by atoms with Crippen molar-refractivity contribution in [3.8, 4) is 10.6 Å². The number of carbonyl (C=O) groups excluding carboxylic acids is 1. The summed E-state index contributed by atoms with van der Waals surface area (Å²) in [4.78, 5) is 16.8. The number of nitrogens with zero attached hydrogens (tertiary/aromatic N) is 3. The molecule has 25 heavy (non-hydrogen) atoms. The predicted molar refractivity (Wildman–Crippen MR) is 99.6 cm³/mol. The van der Waals surface area contributed by atoms with Gasteiger partial charge in [0.15, 0.2) is 0 Å². The van der Waals surface area contributed by atoms with Crippen molar-refractivity contribution in [1.82, 2.24) is 20.5 Å². The van der Waals surface area contributed by atoms with Gasteiger partial charge in [0.1, 0.15) is 15.8 Å². The minimum absolute atomic E-state index is 0.0157. The van der Waals surface area contributed by atoms with Crippen LogP contribution < -0.4 is 10.6 Å². The maximum absolute atomic E-state index is 12.4. The molecule has 1 aliphatic heterocycles. The van der Waals surface area contributed by atoms with Crippen LogP contribution in [0, 0.1) is 12.8 Å². The molecule has 7 heteroatoms. The number of benzene rings is 1. The van der Waals surface area contributed by atoms with Crippen LogP contribution in [0.1, 0.15) is 17.8 Å². The number of hydrogen-bond acceptors (Lipinski definition) is 6. The number of aromatic nitrogens is 3. The number of aryl methyl sites for hydroxylation is 1. The molecule has 1 amide bonds. The summed E-state index contributed by atoms with van der Waals surface area (Å²) < 4.78 is 0. The fourth-order valence-electron chi connectivity index (χ4n) is 3.06. The second-order valence-corrected chi connectivity index (χ2v) is 7.47. The molecule has 128 valence electrons. The number of pyridine rings is 1. The Kier molecular flexibility index (Phi) is 4.42. The highest BCUT2D eigenvalue weighted by Crippen LogP contribution is 2.27. The smallest absolute Gasteiger partial charge is 0.229 e. The van der Waals surface area contributed by atoms with Crippen molar-refractivity contribution in [2.75, 3.05) is 18.4 Å². The summed E-state index contributed by atoms with van der Waals surface area (Å²) in [5.41, 5.74) is 1.03. The van der Waals surface area contributed by atoms with E-state index < -0.39 is 0 Å². The first-order chi connectivity index (χ1) is 12.2. The lowest BCUT2D eigenvalue weighted by Crippen LogP contribution is -2.37. The molecule has 2 N–H and O–H groups in total. The predicted octanol–water partition coefficient (Wildman–Crippen LogP) is 3.00. The first kappa shape index (κ1) is 16.1. The zero-order chi connectivity index (χ0) is 17.2. The molecular formula is C18H19N5OS. The third-order valence-corrected chi connectivity index (χ3v) is 5.30. The monoisotopic (exact) mass is 353 g/mol. The van der Waals surface area contributed by atoms with Gasteiger partial charge in [0.05, 0.1) is 5.92 Å². The van der Waals surface area contributed by atoms with Crippen LogP contribution in [0.4, 0.5) is 5.82 Å². The Morgan fingerprint density at radius 3 is 2.96 bits per heavy atom. The van der Waals surface area contributed by atoms with Crippen LogP contribution >= 0.6 is 11.3 Å². The maximum Gasteiger partial charge on any atom is 0.229 e. The summed E-state index contributed by atoms with van der Waals surface area (Å²) in [6.07, 6.45) is 3.75. The average molecular weight is 353 g/mol. The molecular weight excluding hydrogens is 334 g/mol. The van der Waals surface area contributed by atoms with Crippen molar-refractivity contribution < 1.29 is 4.79 Å². The Balaban J connectivity index is 1.59. The van der Waals surface area contributed by atoms with E-state index in [0.717, 1.165) is 52.3 Å². The van der Waals surface area contributed by atoms with Gasteiger partial charge in [-0.15, -0.1) is 10.2 Å². The van der Waals surface area contributed by atoms with Gasteiger partial charge in [0, 0.05) is 23.7 Å². The molecule has 6 nitrogen and oxygen atoms in total. The lowest BCUT2D eigenvalue weighted by molar-refractivity contribution is -0.120. The Bertz CT molecular complexity index is 917. The highest BCUT2D eigenvalue weighted by molar-refractivity contribution is 7.14. The molecule has 1 aromatic carbocycles. The van der Waals surface area contributed by atoms with Crippen molar-refractivity contribution >= 4 is 33.8 Å². The summed E-state index contributed by atoms with van der Waals surface area (Å²) in [6.45, 7) is 3.67.